The van der Waals surface area contributed by atoms with Crippen molar-refractivity contribution in [2.45, 2.75) is 5.41 Å². The van der Waals surface area contributed by atoms with Crippen LogP contribution in [0.4, 0.5) is 17.1 Å². The van der Waals surface area contributed by atoms with Crippen molar-refractivity contribution in [3.8, 4) is 11.1 Å². The van der Waals surface area contributed by atoms with Gasteiger partial charge in [0.25, 0.3) is 0 Å². The van der Waals surface area contributed by atoms with Crippen LogP contribution in [0.2, 0.25) is 5.02 Å². The molecule has 174 valence electrons. The Kier molecular flexibility index (Phi) is 4.27. The van der Waals surface area contributed by atoms with Crippen molar-refractivity contribution in [3.63, 3.8) is 0 Å². The van der Waals surface area contributed by atoms with Gasteiger partial charge in [-0.15, -0.1) is 0 Å². The third-order valence-electron chi connectivity index (χ3n) is 8.10. The lowest BCUT2D eigenvalue weighted by molar-refractivity contribution is 0.753. The third-order valence-corrected chi connectivity index (χ3v) is 8.34. The van der Waals surface area contributed by atoms with Crippen LogP contribution in [0.15, 0.2) is 133 Å². The Morgan fingerprint density at radius 3 is 2.08 bits per heavy atom. The highest BCUT2D eigenvalue weighted by atomic mass is 35.5. The van der Waals surface area contributed by atoms with E-state index in [0.29, 0.717) is 0 Å². The summed E-state index contributed by atoms with van der Waals surface area (Å²) in [5, 5.41) is 3.29. The van der Waals surface area contributed by atoms with Gasteiger partial charge in [0.2, 0.25) is 0 Å². The van der Waals surface area contributed by atoms with E-state index in [9.17, 15) is 0 Å². The molecule has 0 fully saturated rings. The molecule has 2 heteroatoms. The number of fused-ring (bicyclic) bond motifs is 11. The normalized spacial score (nSPS) is 16.8. The first kappa shape index (κ1) is 20.8. The molecule has 6 aromatic carbocycles. The molecule has 0 saturated heterocycles. The van der Waals surface area contributed by atoms with Gasteiger partial charge < -0.3 is 4.90 Å². The summed E-state index contributed by atoms with van der Waals surface area (Å²) < 4.78 is 0. The van der Waals surface area contributed by atoms with Crippen LogP contribution < -0.4 is 4.90 Å². The molecule has 0 amide bonds. The average molecular weight is 492 g/mol. The predicted octanol–water partition coefficient (Wildman–Crippen LogP) is 9.64. The van der Waals surface area contributed by atoms with Crippen LogP contribution in [-0.4, -0.2) is 0 Å². The number of rotatable bonds is 1. The van der Waals surface area contributed by atoms with E-state index in [-0.39, 0.29) is 0 Å². The molecule has 1 nitrogen and oxygen atoms in total. The molecular weight excluding hydrogens is 470 g/mol. The Morgan fingerprint density at radius 2 is 1.19 bits per heavy atom. The fourth-order valence-electron chi connectivity index (χ4n) is 6.75. The molecule has 1 atom stereocenters. The molecule has 1 aliphatic heterocycles. The molecule has 1 heterocycles. The van der Waals surface area contributed by atoms with E-state index in [0.717, 1.165) is 16.4 Å². The van der Waals surface area contributed by atoms with Gasteiger partial charge in [-0.25, -0.2) is 0 Å². The van der Waals surface area contributed by atoms with Crippen molar-refractivity contribution >= 4 is 39.4 Å². The van der Waals surface area contributed by atoms with Crippen LogP contribution in [0.1, 0.15) is 22.3 Å². The molecule has 0 aromatic heterocycles. The summed E-state index contributed by atoms with van der Waals surface area (Å²) >= 11 is 6.70. The van der Waals surface area contributed by atoms with Crippen molar-refractivity contribution in [2.24, 2.45) is 0 Å². The topological polar surface area (TPSA) is 3.24 Å². The largest absolute Gasteiger partial charge is 0.310 e. The first-order chi connectivity index (χ1) is 18.3. The van der Waals surface area contributed by atoms with Gasteiger partial charge in [0.1, 0.15) is 0 Å². The lowest BCUT2D eigenvalue weighted by atomic mass is 9.64. The number of hydrogen-bond acceptors (Lipinski definition) is 1. The zero-order chi connectivity index (χ0) is 24.6. The second-order valence-corrected chi connectivity index (χ2v) is 10.3. The Balaban J connectivity index is 1.58. The van der Waals surface area contributed by atoms with Gasteiger partial charge in [-0.05, 0) is 74.5 Å². The molecule has 0 bridgehead atoms. The maximum Gasteiger partial charge on any atom is 0.0754 e. The van der Waals surface area contributed by atoms with Crippen LogP contribution in [0.3, 0.4) is 0 Å². The van der Waals surface area contributed by atoms with Gasteiger partial charge in [-0.1, -0.05) is 115 Å². The lowest BCUT2D eigenvalue weighted by Crippen LogP contribution is -2.36. The van der Waals surface area contributed by atoms with Gasteiger partial charge in [0.15, 0.2) is 0 Å². The number of benzene rings is 6. The fourth-order valence-corrected chi connectivity index (χ4v) is 6.92. The second-order valence-electron chi connectivity index (χ2n) is 9.85. The summed E-state index contributed by atoms with van der Waals surface area (Å²) in [7, 11) is 0. The zero-order valence-corrected chi connectivity index (χ0v) is 20.8. The van der Waals surface area contributed by atoms with Crippen LogP contribution in [0, 0.1) is 0 Å². The Labute approximate surface area is 221 Å². The van der Waals surface area contributed by atoms with Gasteiger partial charge in [0, 0.05) is 10.7 Å². The standard InChI is InChI=1S/C35H22ClN/c36-24-19-21-30-33(22-24)37(25-11-2-1-3-12-25)32-17-9-8-16-29(32)35(30)28-15-7-6-14-27(28)34-26-13-5-4-10-23(26)18-20-31(34)35/h1-22H. The van der Waals surface area contributed by atoms with E-state index in [4.69, 9.17) is 11.6 Å². The molecule has 2 aliphatic rings. The minimum absolute atomic E-state index is 0.447. The van der Waals surface area contributed by atoms with E-state index in [1.54, 1.807) is 0 Å². The summed E-state index contributed by atoms with van der Waals surface area (Å²) in [5.41, 5.74) is 10.8. The minimum atomic E-state index is -0.447. The first-order valence-electron chi connectivity index (χ1n) is 12.7. The van der Waals surface area contributed by atoms with Crippen molar-refractivity contribution in [1.29, 1.82) is 0 Å². The number of anilines is 3. The molecule has 1 spiro atoms. The minimum Gasteiger partial charge on any atom is -0.310 e. The van der Waals surface area contributed by atoms with Crippen LogP contribution >= 0.6 is 11.6 Å². The zero-order valence-electron chi connectivity index (χ0n) is 20.0. The molecule has 1 aliphatic carbocycles. The predicted molar refractivity (Wildman–Crippen MR) is 155 cm³/mol. The van der Waals surface area contributed by atoms with Gasteiger partial charge in [-0.3, -0.25) is 0 Å². The Hall–Kier alpha value is -4.33. The second kappa shape index (κ2) is 7.59. The van der Waals surface area contributed by atoms with Crippen molar-refractivity contribution < 1.29 is 0 Å². The highest BCUT2D eigenvalue weighted by Gasteiger charge is 2.52. The Morgan fingerprint density at radius 1 is 0.514 bits per heavy atom. The van der Waals surface area contributed by atoms with Crippen molar-refractivity contribution in [3.05, 3.63) is 161 Å². The first-order valence-corrected chi connectivity index (χ1v) is 13.0. The molecule has 0 saturated carbocycles. The van der Waals surface area contributed by atoms with Gasteiger partial charge in [-0.2, -0.15) is 0 Å². The lowest BCUT2D eigenvalue weighted by Gasteiger charge is -2.45. The van der Waals surface area contributed by atoms with Gasteiger partial charge in [0.05, 0.1) is 16.8 Å². The smallest absolute Gasteiger partial charge is 0.0754 e. The quantitative estimate of drug-likeness (QED) is 0.221. The SMILES string of the molecule is Clc1ccc2c(c1)N(c1ccccc1)c1ccccc1C21c2ccccc2-c2c1ccc1ccccc21. The average Bonchev–Trinajstić information content (AvgIpc) is 3.25. The van der Waals surface area contributed by atoms with Crippen LogP contribution in [0.25, 0.3) is 21.9 Å². The summed E-state index contributed by atoms with van der Waals surface area (Å²) in [6.07, 6.45) is 0. The van der Waals surface area contributed by atoms with E-state index in [1.165, 1.54) is 49.8 Å². The van der Waals surface area contributed by atoms with Gasteiger partial charge >= 0.3 is 0 Å². The molecule has 6 aromatic rings. The summed E-state index contributed by atoms with van der Waals surface area (Å²) in [6.45, 7) is 0. The van der Waals surface area contributed by atoms with E-state index in [1.807, 2.05) is 6.07 Å². The summed E-state index contributed by atoms with van der Waals surface area (Å²) in [4.78, 5) is 2.36. The Bertz CT molecular complexity index is 1860. The summed E-state index contributed by atoms with van der Waals surface area (Å²) in [6, 6.07) is 48.2. The van der Waals surface area contributed by atoms with E-state index >= 15 is 0 Å². The van der Waals surface area contributed by atoms with E-state index in [2.05, 4.69) is 132 Å². The van der Waals surface area contributed by atoms with Crippen molar-refractivity contribution in [2.75, 3.05) is 4.90 Å². The monoisotopic (exact) mass is 491 g/mol. The number of para-hydroxylation sites is 2. The number of nitrogens with zero attached hydrogens (tertiary/aromatic N) is 1. The van der Waals surface area contributed by atoms with Crippen LogP contribution in [-0.2, 0) is 5.41 Å². The molecule has 0 N–H and O–H groups in total. The van der Waals surface area contributed by atoms with E-state index < -0.39 is 5.41 Å². The number of halogens is 1. The molecular formula is C35H22ClN. The molecule has 37 heavy (non-hydrogen) atoms. The van der Waals surface area contributed by atoms with Crippen molar-refractivity contribution in [1.82, 2.24) is 0 Å². The van der Waals surface area contributed by atoms with Crippen LogP contribution in [0.5, 0.6) is 0 Å². The summed E-state index contributed by atoms with van der Waals surface area (Å²) in [5.74, 6) is 0. The molecule has 8 rings (SSSR count). The third kappa shape index (κ3) is 2.64. The molecule has 1 unspecified atom stereocenters. The maximum absolute atomic E-state index is 6.70. The highest BCUT2D eigenvalue weighted by molar-refractivity contribution is 6.31. The maximum atomic E-state index is 6.70. The fraction of sp³-hybridized carbons (Fsp3) is 0.0286. The molecule has 0 radical (unpaired) electrons. The highest BCUT2D eigenvalue weighted by Crippen LogP contribution is 2.64. The number of hydrogen-bond donors (Lipinski definition) is 0.